The summed E-state index contributed by atoms with van der Waals surface area (Å²) in [5, 5.41) is 5.97. The minimum Gasteiger partial charge on any atom is -0.343 e. The molecule has 108 valence electrons. The number of hydrogen-bond acceptors (Lipinski definition) is 2. The lowest BCUT2D eigenvalue weighted by Crippen LogP contribution is -2.34. The molecule has 0 spiro atoms. The van der Waals surface area contributed by atoms with Crippen LogP contribution in [0.5, 0.6) is 0 Å². The van der Waals surface area contributed by atoms with Crippen molar-refractivity contribution >= 4 is 29.2 Å². The van der Waals surface area contributed by atoms with Crippen molar-refractivity contribution in [1.82, 2.24) is 10.2 Å². The quantitative estimate of drug-likeness (QED) is 0.896. The maximum absolute atomic E-state index is 11.8. The second-order valence-corrected chi connectivity index (χ2v) is 5.16. The first-order valence-corrected chi connectivity index (χ1v) is 7.11. The van der Waals surface area contributed by atoms with E-state index >= 15 is 0 Å². The highest BCUT2D eigenvalue weighted by Crippen LogP contribution is 2.13. The van der Waals surface area contributed by atoms with Crippen LogP contribution in [0.3, 0.4) is 0 Å². The molecular weight excluding hydrogens is 278 g/mol. The van der Waals surface area contributed by atoms with E-state index in [0.29, 0.717) is 23.7 Å². The SMILES string of the molecule is O=C(NCCC(=O)N1CCCC1)Nc1ccc(Cl)cc1. The van der Waals surface area contributed by atoms with Crippen molar-refractivity contribution < 1.29 is 9.59 Å². The van der Waals surface area contributed by atoms with Crippen LogP contribution in [0.15, 0.2) is 24.3 Å². The Morgan fingerprint density at radius 3 is 2.45 bits per heavy atom. The number of urea groups is 1. The summed E-state index contributed by atoms with van der Waals surface area (Å²) in [7, 11) is 0. The molecule has 3 amide bonds. The number of halogens is 1. The molecule has 0 unspecified atom stereocenters. The summed E-state index contributed by atoms with van der Waals surface area (Å²) >= 11 is 5.76. The molecule has 2 rings (SSSR count). The van der Waals surface area contributed by atoms with E-state index in [1.54, 1.807) is 24.3 Å². The van der Waals surface area contributed by atoms with E-state index in [9.17, 15) is 9.59 Å². The fourth-order valence-corrected chi connectivity index (χ4v) is 2.24. The topological polar surface area (TPSA) is 61.4 Å². The first kappa shape index (κ1) is 14.7. The maximum Gasteiger partial charge on any atom is 0.319 e. The zero-order valence-electron chi connectivity index (χ0n) is 11.2. The summed E-state index contributed by atoms with van der Waals surface area (Å²) in [5.41, 5.74) is 0.665. The minimum absolute atomic E-state index is 0.106. The molecule has 0 atom stereocenters. The Balaban J connectivity index is 1.67. The molecule has 0 bridgehead atoms. The third kappa shape index (κ3) is 4.42. The van der Waals surface area contributed by atoms with Crippen LogP contribution in [0.1, 0.15) is 19.3 Å². The van der Waals surface area contributed by atoms with Crippen molar-refractivity contribution in [2.45, 2.75) is 19.3 Å². The summed E-state index contributed by atoms with van der Waals surface area (Å²) in [6.07, 6.45) is 2.50. The molecule has 1 aliphatic heterocycles. The van der Waals surface area contributed by atoms with Gasteiger partial charge in [0.1, 0.15) is 0 Å². The summed E-state index contributed by atoms with van der Waals surface area (Å²) in [6.45, 7) is 2.03. The zero-order chi connectivity index (χ0) is 14.4. The van der Waals surface area contributed by atoms with E-state index < -0.39 is 0 Å². The third-order valence-electron chi connectivity index (χ3n) is 3.19. The molecule has 1 heterocycles. The lowest BCUT2D eigenvalue weighted by atomic mass is 10.3. The molecule has 2 N–H and O–H groups in total. The van der Waals surface area contributed by atoms with E-state index in [4.69, 9.17) is 11.6 Å². The van der Waals surface area contributed by atoms with Crippen LogP contribution in [0, 0.1) is 0 Å². The average Bonchev–Trinajstić information content (AvgIpc) is 2.95. The molecule has 5 nitrogen and oxygen atoms in total. The number of hydrogen-bond donors (Lipinski definition) is 2. The third-order valence-corrected chi connectivity index (χ3v) is 3.44. The molecule has 0 radical (unpaired) electrons. The number of benzene rings is 1. The normalized spacial score (nSPS) is 14.2. The van der Waals surface area contributed by atoms with Gasteiger partial charge in [-0.3, -0.25) is 4.79 Å². The van der Waals surface area contributed by atoms with Gasteiger partial charge in [0, 0.05) is 36.8 Å². The Morgan fingerprint density at radius 1 is 1.15 bits per heavy atom. The van der Waals surface area contributed by atoms with Gasteiger partial charge in [0.25, 0.3) is 0 Å². The smallest absolute Gasteiger partial charge is 0.319 e. The number of nitrogens with zero attached hydrogens (tertiary/aromatic N) is 1. The van der Waals surface area contributed by atoms with Crippen LogP contribution in [0.4, 0.5) is 10.5 Å². The molecule has 6 heteroatoms. The van der Waals surface area contributed by atoms with Crippen molar-refractivity contribution in [3.8, 4) is 0 Å². The summed E-state index contributed by atoms with van der Waals surface area (Å²) < 4.78 is 0. The van der Waals surface area contributed by atoms with Crippen LogP contribution >= 0.6 is 11.6 Å². The first-order chi connectivity index (χ1) is 9.65. The van der Waals surface area contributed by atoms with Gasteiger partial charge in [-0.15, -0.1) is 0 Å². The van der Waals surface area contributed by atoms with Crippen molar-refractivity contribution in [3.05, 3.63) is 29.3 Å². The van der Waals surface area contributed by atoms with Crippen LogP contribution in [-0.4, -0.2) is 36.5 Å². The lowest BCUT2D eigenvalue weighted by Gasteiger charge is -2.15. The molecular formula is C14H18ClN3O2. The maximum atomic E-state index is 11.8. The van der Waals surface area contributed by atoms with Crippen molar-refractivity contribution in [3.63, 3.8) is 0 Å². The fourth-order valence-electron chi connectivity index (χ4n) is 2.12. The number of likely N-dealkylation sites (tertiary alicyclic amines) is 1. The van der Waals surface area contributed by atoms with Crippen molar-refractivity contribution in [2.24, 2.45) is 0 Å². The van der Waals surface area contributed by atoms with E-state index in [1.165, 1.54) is 0 Å². The molecule has 1 aromatic rings. The van der Waals surface area contributed by atoms with Crippen LogP contribution in [-0.2, 0) is 4.79 Å². The van der Waals surface area contributed by atoms with Crippen LogP contribution < -0.4 is 10.6 Å². The van der Waals surface area contributed by atoms with Crippen molar-refractivity contribution in [1.29, 1.82) is 0 Å². The predicted molar refractivity (Wildman–Crippen MR) is 78.9 cm³/mol. The number of rotatable bonds is 4. The summed E-state index contributed by atoms with van der Waals surface area (Å²) in [5.74, 6) is 0.106. The number of amides is 3. The average molecular weight is 296 g/mol. The van der Waals surface area contributed by atoms with Gasteiger partial charge in [-0.05, 0) is 37.1 Å². The van der Waals surface area contributed by atoms with Gasteiger partial charge in [0.05, 0.1) is 0 Å². The monoisotopic (exact) mass is 295 g/mol. The van der Waals surface area contributed by atoms with Crippen LogP contribution in [0.25, 0.3) is 0 Å². The predicted octanol–water partition coefficient (Wildman–Crippen LogP) is 2.47. The molecule has 0 saturated carbocycles. The number of anilines is 1. The molecule has 1 saturated heterocycles. The first-order valence-electron chi connectivity index (χ1n) is 6.73. The number of nitrogens with one attached hydrogen (secondary N) is 2. The van der Waals surface area contributed by atoms with Crippen molar-refractivity contribution in [2.75, 3.05) is 25.0 Å². The number of carbonyl (C=O) groups excluding carboxylic acids is 2. The summed E-state index contributed by atoms with van der Waals surface area (Å²) in [4.78, 5) is 25.2. The van der Waals surface area contributed by atoms with Gasteiger partial charge in [-0.1, -0.05) is 11.6 Å². The van der Waals surface area contributed by atoms with E-state index in [0.717, 1.165) is 25.9 Å². The Morgan fingerprint density at radius 2 is 1.80 bits per heavy atom. The van der Waals surface area contributed by atoms with E-state index in [2.05, 4.69) is 10.6 Å². The molecule has 1 aliphatic rings. The van der Waals surface area contributed by atoms with Gasteiger partial charge >= 0.3 is 6.03 Å². The molecule has 1 aromatic carbocycles. The van der Waals surface area contributed by atoms with Gasteiger partial charge < -0.3 is 15.5 Å². The van der Waals surface area contributed by atoms with Gasteiger partial charge in [0.15, 0.2) is 0 Å². The second kappa shape index (κ2) is 7.14. The highest BCUT2D eigenvalue weighted by atomic mass is 35.5. The molecule has 1 fully saturated rings. The standard InChI is InChI=1S/C14H18ClN3O2/c15-11-3-5-12(6-4-11)17-14(20)16-8-7-13(19)18-9-1-2-10-18/h3-6H,1-2,7-10H2,(H2,16,17,20). The minimum atomic E-state index is -0.318. The van der Waals surface area contributed by atoms with Gasteiger partial charge in [-0.2, -0.15) is 0 Å². The Labute approximate surface area is 123 Å². The molecule has 20 heavy (non-hydrogen) atoms. The van der Waals surface area contributed by atoms with E-state index in [-0.39, 0.29) is 11.9 Å². The molecule has 0 aromatic heterocycles. The molecule has 0 aliphatic carbocycles. The van der Waals surface area contributed by atoms with Gasteiger partial charge in [-0.25, -0.2) is 4.79 Å². The Bertz CT molecular complexity index is 470. The zero-order valence-corrected chi connectivity index (χ0v) is 11.9. The summed E-state index contributed by atoms with van der Waals surface area (Å²) in [6, 6.07) is 6.53. The largest absolute Gasteiger partial charge is 0.343 e. The highest BCUT2D eigenvalue weighted by molar-refractivity contribution is 6.30. The number of carbonyl (C=O) groups is 2. The highest BCUT2D eigenvalue weighted by Gasteiger charge is 2.17. The van der Waals surface area contributed by atoms with Gasteiger partial charge in [0.2, 0.25) is 5.91 Å². The Kier molecular flexibility index (Phi) is 5.24. The van der Waals surface area contributed by atoms with Crippen LogP contribution in [0.2, 0.25) is 5.02 Å². The van der Waals surface area contributed by atoms with E-state index in [1.807, 2.05) is 4.90 Å². The lowest BCUT2D eigenvalue weighted by molar-refractivity contribution is -0.129. The second-order valence-electron chi connectivity index (χ2n) is 4.73. The fraction of sp³-hybridized carbons (Fsp3) is 0.429. The Hall–Kier alpha value is -1.75.